The third-order valence-corrected chi connectivity index (χ3v) is 7.26. The Labute approximate surface area is 127 Å². The van der Waals surface area contributed by atoms with E-state index in [1.807, 2.05) is 6.08 Å². The fraction of sp³-hybridized carbons (Fsp3) is 0.778. The molecule has 0 aromatic heterocycles. The van der Waals surface area contributed by atoms with Crippen molar-refractivity contribution in [3.8, 4) is 0 Å². The van der Waals surface area contributed by atoms with Crippen molar-refractivity contribution < 1.29 is 10.2 Å². The van der Waals surface area contributed by atoms with E-state index in [1.165, 1.54) is 18.5 Å². The molecular weight excluding hydrogens is 262 g/mol. The second-order valence-electron chi connectivity index (χ2n) is 8.10. The Hall–Kier alpha value is -0.800. The molecule has 7 atom stereocenters. The Morgan fingerprint density at radius 3 is 2.76 bits per heavy atom. The maximum atomic E-state index is 10.4. The summed E-state index contributed by atoms with van der Waals surface area (Å²) in [6.07, 6.45) is 11.4. The molecular formula is C18H27NO2. The van der Waals surface area contributed by atoms with E-state index in [4.69, 9.17) is 0 Å². The van der Waals surface area contributed by atoms with Crippen LogP contribution >= 0.6 is 0 Å². The van der Waals surface area contributed by atoms with Crippen molar-refractivity contribution in [2.75, 3.05) is 0 Å². The zero-order chi connectivity index (χ0) is 14.8. The number of fused-ring (bicyclic) bond motifs is 5. The third-order valence-electron chi connectivity index (χ3n) is 7.26. The van der Waals surface area contributed by atoms with E-state index in [1.54, 1.807) is 0 Å². The van der Waals surface area contributed by atoms with E-state index in [0.29, 0.717) is 17.8 Å². The van der Waals surface area contributed by atoms with Crippen molar-refractivity contribution in [2.24, 2.45) is 28.6 Å². The van der Waals surface area contributed by atoms with Gasteiger partial charge in [-0.3, -0.25) is 0 Å². The number of nitrogens with one attached hydrogen (secondary N) is 1. The van der Waals surface area contributed by atoms with Gasteiger partial charge >= 0.3 is 0 Å². The molecule has 0 spiro atoms. The van der Waals surface area contributed by atoms with Gasteiger partial charge in [-0.05, 0) is 61.3 Å². The molecule has 116 valence electrons. The van der Waals surface area contributed by atoms with Gasteiger partial charge in [0.2, 0.25) is 0 Å². The summed E-state index contributed by atoms with van der Waals surface area (Å²) in [5, 5.41) is 23.5. The fourth-order valence-electron chi connectivity index (χ4n) is 5.93. The van der Waals surface area contributed by atoms with Crippen LogP contribution in [-0.4, -0.2) is 22.5 Å². The lowest BCUT2D eigenvalue weighted by Gasteiger charge is -2.56. The third kappa shape index (κ3) is 1.74. The van der Waals surface area contributed by atoms with Gasteiger partial charge in [-0.15, -0.1) is 0 Å². The van der Waals surface area contributed by atoms with Crippen molar-refractivity contribution in [3.63, 3.8) is 0 Å². The highest BCUT2D eigenvalue weighted by Crippen LogP contribution is 2.62. The van der Waals surface area contributed by atoms with Gasteiger partial charge in [0.05, 0.1) is 6.10 Å². The van der Waals surface area contributed by atoms with E-state index < -0.39 is 6.23 Å². The summed E-state index contributed by atoms with van der Waals surface area (Å²) in [4.78, 5) is 0. The van der Waals surface area contributed by atoms with Gasteiger partial charge in [-0.25, -0.2) is 0 Å². The Bertz CT molecular complexity index is 513. The number of aliphatic hydroxyl groups is 2. The number of aliphatic hydroxyl groups excluding tert-OH is 2. The molecule has 4 aliphatic rings. The van der Waals surface area contributed by atoms with Crippen LogP contribution in [0.15, 0.2) is 23.9 Å². The van der Waals surface area contributed by atoms with Crippen LogP contribution in [-0.2, 0) is 0 Å². The van der Waals surface area contributed by atoms with Crippen molar-refractivity contribution in [3.05, 3.63) is 23.9 Å². The van der Waals surface area contributed by atoms with Gasteiger partial charge < -0.3 is 15.5 Å². The molecule has 3 aliphatic carbocycles. The molecule has 1 aliphatic heterocycles. The average molecular weight is 289 g/mol. The van der Waals surface area contributed by atoms with Crippen molar-refractivity contribution in [2.45, 2.75) is 58.3 Å². The smallest absolute Gasteiger partial charge is 0.143 e. The van der Waals surface area contributed by atoms with E-state index >= 15 is 0 Å². The maximum Gasteiger partial charge on any atom is 0.143 e. The summed E-state index contributed by atoms with van der Waals surface area (Å²) >= 11 is 0. The van der Waals surface area contributed by atoms with Gasteiger partial charge in [0.15, 0.2) is 0 Å². The van der Waals surface area contributed by atoms with Gasteiger partial charge in [0.1, 0.15) is 6.23 Å². The highest BCUT2D eigenvalue weighted by Gasteiger charge is 2.57. The molecule has 3 nitrogen and oxygen atoms in total. The second-order valence-corrected chi connectivity index (χ2v) is 8.10. The minimum absolute atomic E-state index is 0.0387. The van der Waals surface area contributed by atoms with E-state index in [0.717, 1.165) is 19.3 Å². The zero-order valence-corrected chi connectivity index (χ0v) is 13.0. The molecule has 4 rings (SSSR count). The van der Waals surface area contributed by atoms with Crippen LogP contribution in [0.5, 0.6) is 0 Å². The summed E-state index contributed by atoms with van der Waals surface area (Å²) in [5.74, 6) is 1.97. The number of hydrogen-bond donors (Lipinski definition) is 3. The van der Waals surface area contributed by atoms with Crippen LogP contribution < -0.4 is 5.32 Å². The maximum absolute atomic E-state index is 10.4. The first-order valence-corrected chi connectivity index (χ1v) is 8.48. The monoisotopic (exact) mass is 289 g/mol. The quantitative estimate of drug-likeness (QED) is 0.601. The van der Waals surface area contributed by atoms with Gasteiger partial charge in [0, 0.05) is 11.1 Å². The SMILES string of the molecule is C[C@]12CC[C@H]3[C@@H](CC=C4N[C@H](O)C=C[C@@]43C)[C@@H]1CC[C@@H]2O. The number of rotatable bonds is 0. The van der Waals surface area contributed by atoms with Crippen LogP contribution in [0.2, 0.25) is 0 Å². The van der Waals surface area contributed by atoms with Crippen LogP contribution in [0, 0.1) is 28.6 Å². The second kappa shape index (κ2) is 4.36. The molecule has 1 heterocycles. The summed E-state index contributed by atoms with van der Waals surface area (Å²) in [7, 11) is 0. The van der Waals surface area contributed by atoms with Crippen LogP contribution in [0.1, 0.15) is 46.0 Å². The molecule has 0 saturated heterocycles. The summed E-state index contributed by atoms with van der Waals surface area (Å²) < 4.78 is 0. The molecule has 21 heavy (non-hydrogen) atoms. The van der Waals surface area contributed by atoms with Gasteiger partial charge in [-0.2, -0.15) is 0 Å². The first-order valence-electron chi connectivity index (χ1n) is 8.48. The van der Waals surface area contributed by atoms with Crippen molar-refractivity contribution in [1.29, 1.82) is 0 Å². The predicted octanol–water partition coefficient (Wildman–Crippen LogP) is 2.56. The molecule has 0 aromatic carbocycles. The molecule has 2 fully saturated rings. The molecule has 3 heteroatoms. The highest BCUT2D eigenvalue weighted by atomic mass is 16.3. The van der Waals surface area contributed by atoms with E-state index in [2.05, 4.69) is 31.3 Å². The Morgan fingerprint density at radius 2 is 1.95 bits per heavy atom. The first-order chi connectivity index (χ1) is 9.95. The molecule has 2 saturated carbocycles. The molecule has 0 aromatic rings. The van der Waals surface area contributed by atoms with Crippen molar-refractivity contribution >= 4 is 0 Å². The van der Waals surface area contributed by atoms with Crippen LogP contribution in [0.3, 0.4) is 0 Å². The Balaban J connectivity index is 1.71. The Morgan fingerprint density at radius 1 is 1.14 bits per heavy atom. The molecule has 3 N–H and O–H groups in total. The summed E-state index contributed by atoms with van der Waals surface area (Å²) in [6, 6.07) is 0. The fourth-order valence-corrected chi connectivity index (χ4v) is 5.93. The van der Waals surface area contributed by atoms with Crippen LogP contribution in [0.25, 0.3) is 0 Å². The number of allylic oxidation sites excluding steroid dienone is 2. The minimum Gasteiger partial charge on any atom is -0.393 e. The summed E-state index contributed by atoms with van der Waals surface area (Å²) in [5.41, 5.74) is 1.38. The number of hydrogen-bond acceptors (Lipinski definition) is 3. The normalized spacial score (nSPS) is 55.0. The van der Waals surface area contributed by atoms with E-state index in [-0.39, 0.29) is 16.9 Å². The topological polar surface area (TPSA) is 52.5 Å². The molecule has 0 bridgehead atoms. The van der Waals surface area contributed by atoms with E-state index in [9.17, 15) is 10.2 Å². The lowest BCUT2D eigenvalue weighted by Crippen LogP contribution is -2.52. The standard InChI is InChI=1S/C18H27NO2/c1-17-10-8-16(21)19-14(17)5-3-11-12-4-6-15(20)18(12,2)9-7-13(11)17/h5,8,10-13,15-16,19-21H,3-4,6-7,9H2,1-2H3/t11-,12-,13-,15-,16+,17+,18-/m0/s1. The Kier molecular flexibility index (Phi) is 2.87. The highest BCUT2D eigenvalue weighted by molar-refractivity contribution is 5.31. The van der Waals surface area contributed by atoms with Gasteiger partial charge in [0.25, 0.3) is 0 Å². The average Bonchev–Trinajstić information content (AvgIpc) is 2.76. The molecule has 0 unspecified atom stereocenters. The lowest BCUT2D eigenvalue weighted by molar-refractivity contribution is -0.0563. The van der Waals surface area contributed by atoms with Crippen LogP contribution in [0.4, 0.5) is 0 Å². The zero-order valence-electron chi connectivity index (χ0n) is 13.0. The predicted molar refractivity (Wildman–Crippen MR) is 82.1 cm³/mol. The van der Waals surface area contributed by atoms with Gasteiger partial charge in [-0.1, -0.05) is 26.0 Å². The largest absolute Gasteiger partial charge is 0.393 e. The molecule has 0 amide bonds. The minimum atomic E-state index is -0.539. The first kappa shape index (κ1) is 13.8. The molecule has 0 radical (unpaired) electrons. The van der Waals surface area contributed by atoms with Crippen molar-refractivity contribution in [1.82, 2.24) is 5.32 Å². The lowest BCUT2D eigenvalue weighted by atomic mass is 9.50. The summed E-state index contributed by atoms with van der Waals surface area (Å²) in [6.45, 7) is 4.63.